The Morgan fingerprint density at radius 1 is 1.15 bits per heavy atom. The molecular weight excluding hydrogens is 338 g/mol. The number of nitrogens with one attached hydrogen (secondary N) is 1. The van der Waals surface area contributed by atoms with Gasteiger partial charge in [-0.25, -0.2) is 9.97 Å². The van der Waals surface area contributed by atoms with Gasteiger partial charge in [-0.05, 0) is 31.9 Å². The summed E-state index contributed by atoms with van der Waals surface area (Å²) in [6, 6.07) is 8.56. The molecule has 3 aromatic heterocycles. The van der Waals surface area contributed by atoms with Crippen molar-refractivity contribution in [3.8, 4) is 0 Å². The molecule has 142 valence electrons. The molecule has 27 heavy (non-hydrogen) atoms. The lowest BCUT2D eigenvalue weighted by atomic mass is 10.0. The lowest BCUT2D eigenvalue weighted by molar-refractivity contribution is 0.407. The van der Waals surface area contributed by atoms with Crippen molar-refractivity contribution >= 4 is 11.5 Å². The number of aromatic nitrogens is 5. The van der Waals surface area contributed by atoms with E-state index >= 15 is 0 Å². The van der Waals surface area contributed by atoms with Crippen molar-refractivity contribution < 1.29 is 0 Å². The zero-order valence-corrected chi connectivity index (χ0v) is 16.3. The fourth-order valence-electron chi connectivity index (χ4n) is 3.55. The van der Waals surface area contributed by atoms with E-state index in [0.29, 0.717) is 12.0 Å². The molecule has 1 N–H and O–H groups in total. The van der Waals surface area contributed by atoms with Gasteiger partial charge in [-0.1, -0.05) is 19.9 Å². The van der Waals surface area contributed by atoms with Crippen LogP contribution in [0.4, 0.5) is 5.82 Å². The third-order valence-electron chi connectivity index (χ3n) is 5.13. The second kappa shape index (κ2) is 7.60. The van der Waals surface area contributed by atoms with Crippen LogP contribution in [-0.4, -0.2) is 43.7 Å². The first-order valence-corrected chi connectivity index (χ1v) is 9.72. The number of hydrogen-bond donors (Lipinski definition) is 1. The van der Waals surface area contributed by atoms with Gasteiger partial charge in [0.2, 0.25) is 0 Å². The highest BCUT2D eigenvalue weighted by Crippen LogP contribution is 2.21. The molecule has 0 aromatic carbocycles. The summed E-state index contributed by atoms with van der Waals surface area (Å²) in [5.74, 6) is 3.30. The summed E-state index contributed by atoms with van der Waals surface area (Å²) < 4.78 is 2.04. The van der Waals surface area contributed by atoms with E-state index in [0.717, 1.165) is 61.3 Å². The van der Waals surface area contributed by atoms with Crippen LogP contribution >= 0.6 is 0 Å². The molecule has 0 atom stereocenters. The van der Waals surface area contributed by atoms with E-state index in [1.54, 1.807) is 0 Å². The van der Waals surface area contributed by atoms with E-state index in [1.807, 2.05) is 35.7 Å². The minimum atomic E-state index is 0.348. The normalized spacial score (nSPS) is 15.8. The summed E-state index contributed by atoms with van der Waals surface area (Å²) in [5.41, 5.74) is 1.94. The summed E-state index contributed by atoms with van der Waals surface area (Å²) in [5, 5.41) is 12.2. The Hall–Kier alpha value is -2.54. The minimum Gasteiger partial charge on any atom is -0.356 e. The van der Waals surface area contributed by atoms with E-state index in [-0.39, 0.29) is 0 Å². The standard InChI is InChI=1S/C20H27N7/c1-14(2)20-22-15(3)12-18(23-20)26-10-7-16(8-11-26)21-13-19-25-24-17-6-4-5-9-27(17)19/h4-6,9,12,14,16,21H,7-8,10-11,13H2,1-3H3. The van der Waals surface area contributed by atoms with Crippen molar-refractivity contribution in [2.75, 3.05) is 18.0 Å². The van der Waals surface area contributed by atoms with Crippen LogP contribution in [0.25, 0.3) is 5.65 Å². The molecule has 1 saturated heterocycles. The van der Waals surface area contributed by atoms with Crippen LogP contribution in [0.2, 0.25) is 0 Å². The molecule has 0 aliphatic carbocycles. The molecule has 7 nitrogen and oxygen atoms in total. The quantitative estimate of drug-likeness (QED) is 0.750. The number of rotatable bonds is 5. The van der Waals surface area contributed by atoms with E-state index in [9.17, 15) is 0 Å². The second-order valence-electron chi connectivity index (χ2n) is 7.57. The van der Waals surface area contributed by atoms with Crippen LogP contribution in [0.3, 0.4) is 0 Å². The number of piperidine rings is 1. The van der Waals surface area contributed by atoms with Crippen LogP contribution in [0, 0.1) is 6.92 Å². The predicted octanol–water partition coefficient (Wildman–Crippen LogP) is 2.71. The van der Waals surface area contributed by atoms with Crippen molar-refractivity contribution in [3.05, 3.63) is 47.8 Å². The molecule has 0 unspecified atom stereocenters. The highest BCUT2D eigenvalue weighted by atomic mass is 15.3. The first kappa shape index (κ1) is 17.9. The largest absolute Gasteiger partial charge is 0.356 e. The monoisotopic (exact) mass is 365 g/mol. The van der Waals surface area contributed by atoms with Crippen molar-refractivity contribution in [1.29, 1.82) is 0 Å². The van der Waals surface area contributed by atoms with Crippen molar-refractivity contribution in [2.24, 2.45) is 0 Å². The molecule has 1 aliphatic heterocycles. The zero-order chi connectivity index (χ0) is 18.8. The Morgan fingerprint density at radius 3 is 2.74 bits per heavy atom. The second-order valence-corrected chi connectivity index (χ2v) is 7.57. The topological polar surface area (TPSA) is 71.2 Å². The lowest BCUT2D eigenvalue weighted by Crippen LogP contribution is -2.43. The summed E-state index contributed by atoms with van der Waals surface area (Å²) in [6.07, 6.45) is 4.20. The van der Waals surface area contributed by atoms with Crippen molar-refractivity contribution in [3.63, 3.8) is 0 Å². The van der Waals surface area contributed by atoms with Gasteiger partial charge >= 0.3 is 0 Å². The minimum absolute atomic E-state index is 0.348. The lowest BCUT2D eigenvalue weighted by Gasteiger charge is -2.33. The third kappa shape index (κ3) is 3.93. The van der Waals surface area contributed by atoms with Gasteiger partial charge in [-0.15, -0.1) is 10.2 Å². The highest BCUT2D eigenvalue weighted by Gasteiger charge is 2.21. The Morgan fingerprint density at radius 2 is 1.96 bits per heavy atom. The molecular formula is C20H27N7. The molecule has 0 amide bonds. The average Bonchev–Trinajstić information content (AvgIpc) is 3.09. The maximum Gasteiger partial charge on any atom is 0.160 e. The molecule has 0 bridgehead atoms. The molecule has 1 aliphatic rings. The van der Waals surface area contributed by atoms with Crippen LogP contribution < -0.4 is 10.2 Å². The smallest absolute Gasteiger partial charge is 0.160 e. The van der Waals surface area contributed by atoms with Gasteiger partial charge in [0.15, 0.2) is 11.5 Å². The van der Waals surface area contributed by atoms with E-state index in [2.05, 4.69) is 45.3 Å². The zero-order valence-electron chi connectivity index (χ0n) is 16.3. The molecule has 1 fully saturated rings. The highest BCUT2D eigenvalue weighted by molar-refractivity contribution is 5.40. The van der Waals surface area contributed by atoms with E-state index in [1.165, 1.54) is 0 Å². The number of fused-ring (bicyclic) bond motifs is 1. The molecule has 0 radical (unpaired) electrons. The van der Waals surface area contributed by atoms with Gasteiger partial charge < -0.3 is 10.2 Å². The fraction of sp³-hybridized carbons (Fsp3) is 0.500. The molecule has 3 aromatic rings. The summed E-state index contributed by atoms with van der Waals surface area (Å²) in [7, 11) is 0. The van der Waals surface area contributed by atoms with Gasteiger partial charge in [0, 0.05) is 43.0 Å². The Kier molecular flexibility index (Phi) is 5.03. The molecule has 7 heteroatoms. The van der Waals surface area contributed by atoms with E-state index in [4.69, 9.17) is 4.98 Å². The summed E-state index contributed by atoms with van der Waals surface area (Å²) >= 11 is 0. The first-order valence-electron chi connectivity index (χ1n) is 9.72. The molecule has 4 rings (SSSR count). The Bertz CT molecular complexity index is 910. The van der Waals surface area contributed by atoms with Crippen LogP contribution in [0.15, 0.2) is 30.5 Å². The van der Waals surface area contributed by atoms with Crippen molar-refractivity contribution in [1.82, 2.24) is 29.9 Å². The van der Waals surface area contributed by atoms with Crippen LogP contribution in [0.5, 0.6) is 0 Å². The van der Waals surface area contributed by atoms with Crippen LogP contribution in [-0.2, 0) is 6.54 Å². The average molecular weight is 365 g/mol. The first-order chi connectivity index (χ1) is 13.1. The van der Waals surface area contributed by atoms with Gasteiger partial charge in [0.25, 0.3) is 0 Å². The Balaban J connectivity index is 1.35. The summed E-state index contributed by atoms with van der Waals surface area (Å²) in [6.45, 7) is 9.08. The van der Waals surface area contributed by atoms with Crippen molar-refractivity contribution in [2.45, 2.75) is 52.1 Å². The van der Waals surface area contributed by atoms with Gasteiger partial charge in [-0.2, -0.15) is 0 Å². The molecule has 4 heterocycles. The number of pyridine rings is 1. The predicted molar refractivity (Wildman–Crippen MR) is 106 cm³/mol. The number of anilines is 1. The number of hydrogen-bond acceptors (Lipinski definition) is 6. The molecule has 0 spiro atoms. The third-order valence-corrected chi connectivity index (χ3v) is 5.13. The maximum absolute atomic E-state index is 4.78. The number of nitrogens with zero attached hydrogens (tertiary/aromatic N) is 6. The number of aryl methyl sites for hydroxylation is 1. The summed E-state index contributed by atoms with van der Waals surface area (Å²) in [4.78, 5) is 11.7. The van der Waals surface area contributed by atoms with Crippen LogP contribution in [0.1, 0.15) is 49.9 Å². The fourth-order valence-corrected chi connectivity index (χ4v) is 3.55. The SMILES string of the molecule is Cc1cc(N2CCC(NCc3nnc4ccccn34)CC2)nc(C(C)C)n1. The van der Waals surface area contributed by atoms with Gasteiger partial charge in [0.05, 0.1) is 6.54 Å². The van der Waals surface area contributed by atoms with E-state index < -0.39 is 0 Å². The maximum atomic E-state index is 4.78. The van der Waals surface area contributed by atoms with Gasteiger partial charge in [0.1, 0.15) is 11.6 Å². The Labute approximate surface area is 159 Å². The molecule has 0 saturated carbocycles. The van der Waals surface area contributed by atoms with Gasteiger partial charge in [-0.3, -0.25) is 4.40 Å².